The zero-order chi connectivity index (χ0) is 15.7. The van der Waals surface area contributed by atoms with Crippen LogP contribution in [0.25, 0.3) is 0 Å². The van der Waals surface area contributed by atoms with Gasteiger partial charge in [0.05, 0.1) is 17.5 Å². The van der Waals surface area contributed by atoms with E-state index in [0.29, 0.717) is 11.7 Å². The van der Waals surface area contributed by atoms with E-state index < -0.39 is 9.84 Å². The lowest BCUT2D eigenvalue weighted by Crippen LogP contribution is -2.37. The highest BCUT2D eigenvalue weighted by Gasteiger charge is 2.48. The molecule has 0 spiro atoms. The average Bonchev–Trinajstić information content (AvgIpc) is 2.93. The average molecular weight is 342 g/mol. The van der Waals surface area contributed by atoms with Gasteiger partial charge in [0, 0.05) is 17.7 Å². The van der Waals surface area contributed by atoms with Crippen molar-refractivity contribution in [3.8, 4) is 0 Å². The number of sulfone groups is 1. The van der Waals surface area contributed by atoms with E-state index in [1.165, 1.54) is 18.2 Å². The number of rotatable bonds is 3. The van der Waals surface area contributed by atoms with Crippen LogP contribution in [0.15, 0.2) is 17.6 Å². The molecule has 0 N–H and O–H groups in total. The molecule has 0 aromatic carbocycles. The van der Waals surface area contributed by atoms with Crippen LogP contribution in [0.3, 0.4) is 0 Å². The van der Waals surface area contributed by atoms with E-state index in [9.17, 15) is 13.2 Å². The van der Waals surface area contributed by atoms with E-state index in [2.05, 4.69) is 11.6 Å². The number of hydrogen-bond donors (Lipinski definition) is 0. The van der Waals surface area contributed by atoms with E-state index in [1.54, 1.807) is 6.08 Å². The Labute approximate surface area is 136 Å². The highest BCUT2D eigenvalue weighted by Crippen LogP contribution is 2.38. The SMILES string of the molecule is C=CCN1C(=NC(=O)C2CCCCC2)SC2CS(=O)(=O)CC21. The number of amides is 1. The van der Waals surface area contributed by atoms with Gasteiger partial charge < -0.3 is 4.90 Å². The number of hydrogen-bond acceptors (Lipinski definition) is 4. The molecule has 3 rings (SSSR count). The van der Waals surface area contributed by atoms with Gasteiger partial charge in [0.2, 0.25) is 0 Å². The van der Waals surface area contributed by atoms with Gasteiger partial charge in [-0.1, -0.05) is 37.1 Å². The second kappa shape index (κ2) is 6.35. The molecule has 0 bridgehead atoms. The Bertz CT molecular complexity index is 594. The Morgan fingerprint density at radius 1 is 1.32 bits per heavy atom. The zero-order valence-electron chi connectivity index (χ0n) is 12.6. The topological polar surface area (TPSA) is 66.8 Å². The highest BCUT2D eigenvalue weighted by molar-refractivity contribution is 8.15. The standard InChI is InChI=1S/C15H22N2O3S2/c1-2-8-17-12-9-22(19,20)10-13(12)21-15(17)16-14(18)11-6-4-3-5-7-11/h2,11-13H,1,3-10H2. The third-order valence-electron chi connectivity index (χ3n) is 4.66. The highest BCUT2D eigenvalue weighted by atomic mass is 32.2. The Kier molecular flexibility index (Phi) is 4.64. The summed E-state index contributed by atoms with van der Waals surface area (Å²) in [6.07, 6.45) is 7.03. The normalized spacial score (nSPS) is 33.1. The van der Waals surface area contributed by atoms with E-state index in [4.69, 9.17) is 0 Å². The molecule has 2 unspecified atom stereocenters. The van der Waals surface area contributed by atoms with Crippen LogP contribution in [0.5, 0.6) is 0 Å². The summed E-state index contributed by atoms with van der Waals surface area (Å²) in [4.78, 5) is 18.7. The minimum atomic E-state index is -2.97. The summed E-state index contributed by atoms with van der Waals surface area (Å²) in [5.74, 6) is 0.373. The lowest BCUT2D eigenvalue weighted by Gasteiger charge is -2.23. The van der Waals surface area contributed by atoms with Gasteiger partial charge in [-0.15, -0.1) is 6.58 Å². The van der Waals surface area contributed by atoms with E-state index in [1.807, 2.05) is 4.90 Å². The van der Waals surface area contributed by atoms with Crippen LogP contribution in [0.1, 0.15) is 32.1 Å². The molecule has 5 nitrogen and oxygen atoms in total. The number of amidine groups is 1. The summed E-state index contributed by atoms with van der Waals surface area (Å²) in [5.41, 5.74) is 0. The predicted molar refractivity (Wildman–Crippen MR) is 89.7 cm³/mol. The molecule has 2 saturated heterocycles. The maximum Gasteiger partial charge on any atom is 0.251 e. The molecule has 122 valence electrons. The van der Waals surface area contributed by atoms with Crippen molar-refractivity contribution in [2.45, 2.75) is 43.4 Å². The molecule has 1 aliphatic carbocycles. The fourth-order valence-corrected chi connectivity index (χ4v) is 7.49. The minimum absolute atomic E-state index is 0.00264. The third-order valence-corrected chi connectivity index (χ3v) is 7.91. The molecular formula is C15H22N2O3S2. The van der Waals surface area contributed by atoms with Crippen molar-refractivity contribution in [2.24, 2.45) is 10.9 Å². The quantitative estimate of drug-likeness (QED) is 0.732. The summed E-state index contributed by atoms with van der Waals surface area (Å²) < 4.78 is 23.6. The van der Waals surface area contributed by atoms with Gasteiger partial charge in [0.25, 0.3) is 5.91 Å². The Morgan fingerprint density at radius 2 is 2.05 bits per heavy atom. The summed E-state index contributed by atoms with van der Waals surface area (Å²) in [7, 11) is -2.97. The Hall–Kier alpha value is -0.820. The lowest BCUT2D eigenvalue weighted by atomic mass is 9.89. The van der Waals surface area contributed by atoms with Gasteiger partial charge >= 0.3 is 0 Å². The van der Waals surface area contributed by atoms with Crippen molar-refractivity contribution < 1.29 is 13.2 Å². The first-order valence-corrected chi connectivity index (χ1v) is 10.6. The van der Waals surface area contributed by atoms with Crippen LogP contribution >= 0.6 is 11.8 Å². The van der Waals surface area contributed by atoms with E-state index in [-0.39, 0.29) is 34.6 Å². The van der Waals surface area contributed by atoms with Crippen LogP contribution in [-0.2, 0) is 14.6 Å². The number of carbonyl (C=O) groups excluding carboxylic acids is 1. The molecule has 3 fully saturated rings. The molecule has 7 heteroatoms. The molecule has 2 aliphatic heterocycles. The van der Waals surface area contributed by atoms with Crippen molar-refractivity contribution in [3.05, 3.63) is 12.7 Å². The summed E-state index contributed by atoms with van der Waals surface area (Å²) in [6.45, 7) is 4.28. The third kappa shape index (κ3) is 3.25. The summed E-state index contributed by atoms with van der Waals surface area (Å²) in [5, 5.41) is 0.697. The first-order chi connectivity index (χ1) is 10.5. The molecule has 0 aromatic rings. The van der Waals surface area contributed by atoms with Gasteiger partial charge in [-0.2, -0.15) is 4.99 Å². The summed E-state index contributed by atoms with van der Waals surface area (Å²) >= 11 is 1.45. The molecule has 0 radical (unpaired) electrons. The van der Waals surface area contributed by atoms with Crippen molar-refractivity contribution in [3.63, 3.8) is 0 Å². The molecule has 3 aliphatic rings. The maximum atomic E-state index is 12.4. The largest absolute Gasteiger partial charge is 0.342 e. The number of aliphatic imine (C=N–C) groups is 1. The van der Waals surface area contributed by atoms with Crippen LogP contribution < -0.4 is 0 Å². The lowest BCUT2D eigenvalue weighted by molar-refractivity contribution is -0.122. The fourth-order valence-electron chi connectivity index (χ4n) is 3.52. The molecule has 22 heavy (non-hydrogen) atoms. The maximum absolute atomic E-state index is 12.4. The van der Waals surface area contributed by atoms with Crippen LogP contribution in [0.2, 0.25) is 0 Å². The molecule has 0 aromatic heterocycles. The number of fused-ring (bicyclic) bond motifs is 1. The molecular weight excluding hydrogens is 320 g/mol. The number of nitrogens with zero attached hydrogens (tertiary/aromatic N) is 2. The van der Waals surface area contributed by atoms with Gasteiger partial charge in [-0.25, -0.2) is 8.42 Å². The van der Waals surface area contributed by atoms with E-state index >= 15 is 0 Å². The van der Waals surface area contributed by atoms with E-state index in [0.717, 1.165) is 25.7 Å². The van der Waals surface area contributed by atoms with Crippen molar-refractivity contribution in [1.82, 2.24) is 4.90 Å². The first kappa shape index (κ1) is 16.1. The fraction of sp³-hybridized carbons (Fsp3) is 0.733. The smallest absolute Gasteiger partial charge is 0.251 e. The number of thioether (sulfide) groups is 1. The molecule has 1 amide bonds. The van der Waals surface area contributed by atoms with Gasteiger partial charge in [0.15, 0.2) is 15.0 Å². The van der Waals surface area contributed by atoms with Crippen LogP contribution in [-0.4, -0.2) is 53.7 Å². The number of carbonyl (C=O) groups is 1. The van der Waals surface area contributed by atoms with Crippen molar-refractivity contribution in [1.29, 1.82) is 0 Å². The molecule has 2 atom stereocenters. The van der Waals surface area contributed by atoms with Gasteiger partial charge in [0.1, 0.15) is 0 Å². The van der Waals surface area contributed by atoms with Crippen molar-refractivity contribution >= 4 is 32.7 Å². The molecule has 1 saturated carbocycles. The van der Waals surface area contributed by atoms with Gasteiger partial charge in [-0.05, 0) is 12.8 Å². The minimum Gasteiger partial charge on any atom is -0.342 e. The van der Waals surface area contributed by atoms with Crippen LogP contribution in [0.4, 0.5) is 0 Å². The van der Waals surface area contributed by atoms with Crippen LogP contribution in [0, 0.1) is 5.92 Å². The zero-order valence-corrected chi connectivity index (χ0v) is 14.2. The van der Waals surface area contributed by atoms with Crippen molar-refractivity contribution in [2.75, 3.05) is 18.1 Å². The second-order valence-corrected chi connectivity index (χ2v) is 9.67. The monoisotopic (exact) mass is 342 g/mol. The van der Waals surface area contributed by atoms with Gasteiger partial charge in [-0.3, -0.25) is 4.79 Å². The predicted octanol–water partition coefficient (Wildman–Crippen LogP) is 1.85. The molecule has 2 heterocycles. The first-order valence-electron chi connectivity index (χ1n) is 7.87. The summed E-state index contributed by atoms with van der Waals surface area (Å²) in [6, 6.07) is -0.0640. The Balaban J connectivity index is 1.76. The second-order valence-electron chi connectivity index (χ2n) is 6.31. The Morgan fingerprint density at radius 3 is 2.73 bits per heavy atom.